The van der Waals surface area contributed by atoms with Gasteiger partial charge in [0.2, 0.25) is 0 Å². The van der Waals surface area contributed by atoms with E-state index in [0.29, 0.717) is 33.5 Å². The smallest absolute Gasteiger partial charge is 0.185 e. The molecular formula is C30H37F2N5OS. The SMILES string of the molecule is CC[C@]1(C)CCCC(C)C[C@H](N(c2cnc(-c3ccc(-c4cnc(SC)c(F)c4)cc3O)nn2)C2CC2)[C@@H]1F. The van der Waals surface area contributed by atoms with Crippen LogP contribution < -0.4 is 4.90 Å². The number of phenols is 1. The minimum Gasteiger partial charge on any atom is -0.507 e. The highest BCUT2D eigenvalue weighted by molar-refractivity contribution is 7.98. The first kappa shape index (κ1) is 27.7. The molecule has 0 bridgehead atoms. The number of pyridine rings is 1. The van der Waals surface area contributed by atoms with Crippen LogP contribution in [0.4, 0.5) is 14.6 Å². The van der Waals surface area contributed by atoms with E-state index in [1.807, 2.05) is 0 Å². The van der Waals surface area contributed by atoms with Gasteiger partial charge in [0, 0.05) is 23.2 Å². The van der Waals surface area contributed by atoms with E-state index in [-0.39, 0.29) is 29.1 Å². The zero-order chi connectivity index (χ0) is 27.7. The topological polar surface area (TPSA) is 75.0 Å². The Kier molecular flexibility index (Phi) is 8.08. The second-order valence-corrected chi connectivity index (χ2v) is 12.2. The number of thioether (sulfide) groups is 1. The molecule has 2 fully saturated rings. The van der Waals surface area contributed by atoms with Gasteiger partial charge in [-0.2, -0.15) is 0 Å². The molecule has 5 rings (SSSR count). The van der Waals surface area contributed by atoms with E-state index < -0.39 is 12.0 Å². The van der Waals surface area contributed by atoms with Crippen LogP contribution in [0.25, 0.3) is 22.5 Å². The molecule has 0 saturated heterocycles. The molecule has 9 heteroatoms. The van der Waals surface area contributed by atoms with Crippen LogP contribution in [-0.2, 0) is 0 Å². The number of benzene rings is 1. The number of phenolic OH excluding ortho intramolecular Hbond substituents is 1. The molecule has 3 aromatic rings. The first-order chi connectivity index (χ1) is 18.7. The molecule has 2 aromatic heterocycles. The van der Waals surface area contributed by atoms with Gasteiger partial charge >= 0.3 is 0 Å². The second kappa shape index (κ2) is 11.4. The predicted octanol–water partition coefficient (Wildman–Crippen LogP) is 7.47. The van der Waals surface area contributed by atoms with E-state index in [4.69, 9.17) is 0 Å². The van der Waals surface area contributed by atoms with E-state index in [0.717, 1.165) is 44.9 Å². The van der Waals surface area contributed by atoms with E-state index in [1.165, 1.54) is 17.8 Å². The highest BCUT2D eigenvalue weighted by atomic mass is 32.2. The van der Waals surface area contributed by atoms with Crippen molar-refractivity contribution < 1.29 is 13.9 Å². The maximum atomic E-state index is 16.3. The summed E-state index contributed by atoms with van der Waals surface area (Å²) in [7, 11) is 0. The Morgan fingerprint density at radius 2 is 1.90 bits per heavy atom. The lowest BCUT2D eigenvalue weighted by Crippen LogP contribution is -2.51. The molecule has 4 atom stereocenters. The van der Waals surface area contributed by atoms with Crippen LogP contribution in [0.15, 0.2) is 41.7 Å². The van der Waals surface area contributed by atoms with Gasteiger partial charge in [0.15, 0.2) is 17.5 Å². The van der Waals surface area contributed by atoms with Gasteiger partial charge in [-0.25, -0.2) is 18.7 Å². The summed E-state index contributed by atoms with van der Waals surface area (Å²) >= 11 is 1.24. The monoisotopic (exact) mass is 553 g/mol. The lowest BCUT2D eigenvalue weighted by molar-refractivity contribution is 0.0577. The van der Waals surface area contributed by atoms with Crippen LogP contribution in [0.5, 0.6) is 5.75 Å². The lowest BCUT2D eigenvalue weighted by atomic mass is 9.71. The highest BCUT2D eigenvalue weighted by Crippen LogP contribution is 2.45. The van der Waals surface area contributed by atoms with Gasteiger partial charge in [-0.1, -0.05) is 39.7 Å². The third-order valence-electron chi connectivity index (χ3n) is 8.58. The van der Waals surface area contributed by atoms with Crippen molar-refractivity contribution in [1.82, 2.24) is 20.2 Å². The van der Waals surface area contributed by atoms with Gasteiger partial charge in [-0.3, -0.25) is 0 Å². The Morgan fingerprint density at radius 3 is 2.51 bits per heavy atom. The average Bonchev–Trinajstić information content (AvgIpc) is 3.77. The number of hydrogen-bond donors (Lipinski definition) is 1. The van der Waals surface area contributed by atoms with E-state index in [1.54, 1.807) is 36.8 Å². The number of rotatable bonds is 7. The first-order valence-electron chi connectivity index (χ1n) is 13.9. The fourth-order valence-electron chi connectivity index (χ4n) is 5.86. The maximum absolute atomic E-state index is 16.3. The zero-order valence-electron chi connectivity index (χ0n) is 23.1. The Hall–Kier alpha value is -2.81. The predicted molar refractivity (Wildman–Crippen MR) is 152 cm³/mol. The molecule has 0 aliphatic heterocycles. The Balaban J connectivity index is 1.42. The van der Waals surface area contributed by atoms with Crippen molar-refractivity contribution in [3.63, 3.8) is 0 Å². The number of halogens is 2. The van der Waals surface area contributed by atoms with Crippen molar-refractivity contribution in [2.24, 2.45) is 11.3 Å². The second-order valence-electron chi connectivity index (χ2n) is 11.4. The number of nitrogens with zero attached hydrogens (tertiary/aromatic N) is 5. The van der Waals surface area contributed by atoms with Gasteiger partial charge in [0.25, 0.3) is 0 Å². The van der Waals surface area contributed by atoms with Crippen molar-refractivity contribution in [1.29, 1.82) is 0 Å². The third kappa shape index (κ3) is 5.74. The maximum Gasteiger partial charge on any atom is 0.185 e. The largest absolute Gasteiger partial charge is 0.507 e. The number of aromatic nitrogens is 4. The Morgan fingerprint density at radius 1 is 1.10 bits per heavy atom. The fraction of sp³-hybridized carbons (Fsp3) is 0.533. The molecule has 0 radical (unpaired) electrons. The molecule has 208 valence electrons. The third-order valence-corrected chi connectivity index (χ3v) is 9.27. The summed E-state index contributed by atoms with van der Waals surface area (Å²) in [5, 5.41) is 20.0. The molecule has 1 N–H and O–H groups in total. The summed E-state index contributed by atoms with van der Waals surface area (Å²) in [5.74, 6) is 0.868. The molecule has 0 spiro atoms. The van der Waals surface area contributed by atoms with Crippen molar-refractivity contribution in [3.05, 3.63) is 42.5 Å². The molecule has 2 aliphatic carbocycles. The van der Waals surface area contributed by atoms with Crippen LogP contribution in [-0.4, -0.2) is 49.8 Å². The number of hydrogen-bond acceptors (Lipinski definition) is 7. The molecule has 1 unspecified atom stereocenters. The van der Waals surface area contributed by atoms with Gasteiger partial charge < -0.3 is 10.0 Å². The summed E-state index contributed by atoms with van der Waals surface area (Å²) in [5.41, 5.74) is 1.26. The Bertz CT molecular complexity index is 1310. The first-order valence-corrected chi connectivity index (χ1v) is 15.1. The van der Waals surface area contributed by atoms with Crippen molar-refractivity contribution in [2.45, 2.75) is 89.0 Å². The van der Waals surface area contributed by atoms with Gasteiger partial charge in [-0.15, -0.1) is 22.0 Å². The number of alkyl halides is 1. The summed E-state index contributed by atoms with van der Waals surface area (Å²) in [6.07, 6.45) is 10.7. The molecule has 6 nitrogen and oxygen atoms in total. The average molecular weight is 554 g/mol. The van der Waals surface area contributed by atoms with Crippen LogP contribution in [0.2, 0.25) is 0 Å². The highest BCUT2D eigenvalue weighted by Gasteiger charge is 2.46. The minimum atomic E-state index is -0.965. The summed E-state index contributed by atoms with van der Waals surface area (Å²) < 4.78 is 30.5. The Labute approximate surface area is 233 Å². The van der Waals surface area contributed by atoms with Crippen molar-refractivity contribution in [3.8, 4) is 28.3 Å². The summed E-state index contributed by atoms with van der Waals surface area (Å²) in [4.78, 5) is 10.8. The molecular weight excluding hydrogens is 516 g/mol. The molecule has 1 aromatic carbocycles. The number of anilines is 1. The minimum absolute atomic E-state index is 0.0353. The molecule has 2 aliphatic rings. The van der Waals surface area contributed by atoms with Crippen LogP contribution >= 0.6 is 11.8 Å². The van der Waals surface area contributed by atoms with Crippen LogP contribution in [0.1, 0.15) is 65.7 Å². The van der Waals surface area contributed by atoms with Crippen molar-refractivity contribution >= 4 is 17.6 Å². The standard InChI is InChI=1S/C30H37F2N5OS/c1-5-30(3)12-6-7-18(2)13-24(27(30)32)37(21-9-10-21)26-17-33-28(36-35-26)22-11-8-19(15-25(22)38)20-14-23(31)29(39-4)34-16-20/h8,11,14-18,21,24,27,38H,5-7,9-10,12-13H2,1-4H3/t18?,24-,27-,30+/m0/s1. The zero-order valence-corrected chi connectivity index (χ0v) is 23.9. The molecule has 2 saturated carbocycles. The van der Waals surface area contributed by atoms with E-state index in [2.05, 4.69) is 45.8 Å². The van der Waals surface area contributed by atoms with Gasteiger partial charge in [0.1, 0.15) is 16.9 Å². The lowest BCUT2D eigenvalue weighted by Gasteiger charge is -2.45. The van der Waals surface area contributed by atoms with Gasteiger partial charge in [-0.05, 0) is 68.0 Å². The summed E-state index contributed by atoms with van der Waals surface area (Å²) in [6.45, 7) is 6.41. The quantitative estimate of drug-likeness (QED) is 0.304. The van der Waals surface area contributed by atoms with Crippen LogP contribution in [0, 0.1) is 17.2 Å². The van der Waals surface area contributed by atoms with Crippen molar-refractivity contribution in [2.75, 3.05) is 11.2 Å². The summed E-state index contributed by atoms with van der Waals surface area (Å²) in [6, 6.07) is 6.41. The van der Waals surface area contributed by atoms with E-state index >= 15 is 4.39 Å². The molecule has 39 heavy (non-hydrogen) atoms. The molecule has 0 amide bonds. The fourth-order valence-corrected chi connectivity index (χ4v) is 6.27. The number of aromatic hydroxyl groups is 1. The van der Waals surface area contributed by atoms with Gasteiger partial charge in [0.05, 0.1) is 17.8 Å². The normalized spacial score (nSPS) is 25.6. The van der Waals surface area contributed by atoms with E-state index in [9.17, 15) is 9.50 Å². The van der Waals surface area contributed by atoms with Crippen LogP contribution in [0.3, 0.4) is 0 Å². The molecule has 2 heterocycles.